The van der Waals surface area contributed by atoms with Gasteiger partial charge in [0, 0.05) is 18.0 Å². The van der Waals surface area contributed by atoms with Gasteiger partial charge in [-0.1, -0.05) is 11.6 Å². The molecule has 66 valence electrons. The summed E-state index contributed by atoms with van der Waals surface area (Å²) >= 11 is 5.67. The fraction of sp³-hybridized carbons (Fsp3) is 0.429. The van der Waals surface area contributed by atoms with E-state index in [9.17, 15) is 0 Å². The number of nitrogens with zero attached hydrogens (tertiary/aromatic N) is 2. The van der Waals surface area contributed by atoms with E-state index in [1.165, 1.54) is 0 Å². The third kappa shape index (κ3) is 1.98. The summed E-state index contributed by atoms with van der Waals surface area (Å²) in [6, 6.07) is -0.356. The second-order valence-corrected chi connectivity index (χ2v) is 3.17. The Kier molecular flexibility index (Phi) is 3.72. The minimum atomic E-state index is -0.724. The summed E-state index contributed by atoms with van der Waals surface area (Å²) in [6.07, 6.45) is 5.01. The van der Waals surface area contributed by atoms with Crippen LogP contribution in [0.4, 0.5) is 0 Å². The van der Waals surface area contributed by atoms with Crippen LogP contribution in [0.1, 0.15) is 6.92 Å². The van der Waals surface area contributed by atoms with Gasteiger partial charge >= 0.3 is 5.54 Å². The van der Waals surface area contributed by atoms with Crippen LogP contribution in [0.15, 0.2) is 23.3 Å². The van der Waals surface area contributed by atoms with Gasteiger partial charge in [0.2, 0.25) is 5.39 Å². The van der Waals surface area contributed by atoms with Crippen molar-refractivity contribution in [3.05, 3.63) is 28.2 Å². The molecule has 0 aromatic rings. The maximum atomic E-state index is 8.63. The van der Waals surface area contributed by atoms with Crippen LogP contribution in [-0.4, -0.2) is 11.6 Å². The van der Waals surface area contributed by atoms with E-state index in [1.807, 2.05) is 0 Å². The number of diazo groups is 1. The molecule has 0 heterocycles. The Balaban J connectivity index is 0.00000121. The second kappa shape index (κ2) is 3.90. The maximum absolute atomic E-state index is 8.63. The predicted molar refractivity (Wildman–Crippen MR) is 44.5 cm³/mol. The lowest BCUT2D eigenvalue weighted by Gasteiger charge is -2.14. The van der Waals surface area contributed by atoms with Gasteiger partial charge < -0.3 is 18.1 Å². The van der Waals surface area contributed by atoms with Crippen molar-refractivity contribution in [2.75, 3.05) is 0 Å². The fourth-order valence-electron chi connectivity index (χ4n) is 0.855. The topological polar surface area (TPSA) is 54.2 Å². The van der Waals surface area contributed by atoms with Crippen molar-refractivity contribution in [1.82, 2.24) is 0 Å². The van der Waals surface area contributed by atoms with E-state index < -0.39 is 5.54 Å². The van der Waals surface area contributed by atoms with Gasteiger partial charge in [-0.15, -0.1) is 0 Å². The first kappa shape index (κ1) is 11.4. The highest BCUT2D eigenvalue weighted by molar-refractivity contribution is 6.31. The predicted octanol–water partition coefficient (Wildman–Crippen LogP) is -1.38. The highest BCUT2D eigenvalue weighted by atomic mass is 35.5. The molecule has 2 N–H and O–H groups in total. The van der Waals surface area contributed by atoms with Crippen LogP contribution >= 0.6 is 11.6 Å². The normalized spacial score (nSPS) is 33.2. The first-order chi connectivity index (χ1) is 5.08. The Bertz CT molecular complexity index is 266. The van der Waals surface area contributed by atoms with Crippen molar-refractivity contribution in [2.45, 2.75) is 18.5 Å². The Morgan fingerprint density at radius 3 is 2.75 bits per heavy atom. The maximum Gasteiger partial charge on any atom is 0.356 e. The summed E-state index contributed by atoms with van der Waals surface area (Å²) in [6.45, 7) is 1.73. The second-order valence-electron chi connectivity index (χ2n) is 2.74. The van der Waals surface area contributed by atoms with Crippen molar-refractivity contribution in [3.8, 4) is 0 Å². The molecule has 0 aromatic heterocycles. The van der Waals surface area contributed by atoms with Gasteiger partial charge in [0.15, 0.2) is 0 Å². The molecule has 1 aliphatic rings. The number of hydrogen-bond donors (Lipinski definition) is 1. The van der Waals surface area contributed by atoms with E-state index in [-0.39, 0.29) is 18.4 Å². The molecule has 2 unspecified atom stereocenters. The summed E-state index contributed by atoms with van der Waals surface area (Å²) < 4.78 is 0. The summed E-state index contributed by atoms with van der Waals surface area (Å²) in [5, 5.41) is 9.21. The monoisotopic (exact) mass is 205 g/mol. The minimum absolute atomic E-state index is 0. The van der Waals surface area contributed by atoms with Crippen LogP contribution in [0.25, 0.3) is 4.98 Å². The summed E-state index contributed by atoms with van der Waals surface area (Å²) in [7, 11) is 0. The molecule has 0 aromatic carbocycles. The molecular weight excluding hydrogens is 197 g/mol. The molecule has 5 heteroatoms. The van der Waals surface area contributed by atoms with Gasteiger partial charge in [-0.3, -0.25) is 0 Å². The molecule has 0 amide bonds. The Morgan fingerprint density at radius 1 is 1.75 bits per heavy atom. The van der Waals surface area contributed by atoms with Crippen LogP contribution in [-0.2, 0) is 0 Å². The van der Waals surface area contributed by atoms with Gasteiger partial charge in [0.05, 0.1) is 0 Å². The van der Waals surface area contributed by atoms with Crippen molar-refractivity contribution < 1.29 is 12.4 Å². The highest BCUT2D eigenvalue weighted by Crippen LogP contribution is 2.24. The Hall–Kier alpha value is -0.560. The van der Waals surface area contributed by atoms with Crippen LogP contribution < -0.4 is 18.1 Å². The minimum Gasteiger partial charge on any atom is -1.00 e. The van der Waals surface area contributed by atoms with E-state index >= 15 is 0 Å². The van der Waals surface area contributed by atoms with E-state index in [2.05, 4.69) is 4.98 Å². The molecule has 0 saturated heterocycles. The first-order valence-corrected chi connectivity index (χ1v) is 3.65. The molecule has 0 aliphatic heterocycles. The molecule has 0 bridgehead atoms. The lowest BCUT2D eigenvalue weighted by molar-refractivity contribution is -0.00000258. The largest absolute Gasteiger partial charge is 1.00 e. The molecule has 3 nitrogen and oxygen atoms in total. The quantitative estimate of drug-likeness (QED) is 0.497. The van der Waals surface area contributed by atoms with Crippen LogP contribution in [0.2, 0.25) is 0 Å². The zero-order valence-electron chi connectivity index (χ0n) is 6.54. The van der Waals surface area contributed by atoms with E-state index in [1.54, 1.807) is 25.2 Å². The third-order valence-corrected chi connectivity index (χ3v) is 2.06. The van der Waals surface area contributed by atoms with Crippen LogP contribution in [0, 0.1) is 5.39 Å². The number of nitrogens with two attached hydrogens (primary N) is 1. The van der Waals surface area contributed by atoms with Gasteiger partial charge in [-0.2, -0.15) is 0 Å². The van der Waals surface area contributed by atoms with Crippen molar-refractivity contribution in [3.63, 3.8) is 0 Å². The fourth-order valence-corrected chi connectivity index (χ4v) is 1.05. The zero-order valence-corrected chi connectivity index (χ0v) is 8.05. The molecule has 0 saturated carbocycles. The number of hydrogen-bond acceptors (Lipinski definition) is 2. The van der Waals surface area contributed by atoms with E-state index in [4.69, 9.17) is 22.7 Å². The van der Waals surface area contributed by atoms with Crippen LogP contribution in [0.5, 0.6) is 0 Å². The molecule has 1 aliphatic carbocycles. The van der Waals surface area contributed by atoms with Crippen molar-refractivity contribution >= 4 is 11.6 Å². The lowest BCUT2D eigenvalue weighted by Crippen LogP contribution is -3.00. The van der Waals surface area contributed by atoms with E-state index in [0.717, 1.165) is 0 Å². The lowest BCUT2D eigenvalue weighted by atomic mass is 9.90. The average Bonchev–Trinajstić information content (AvgIpc) is 1.98. The van der Waals surface area contributed by atoms with Crippen molar-refractivity contribution in [2.24, 2.45) is 5.73 Å². The Labute approximate surface area is 82.3 Å². The number of halogens is 2. The van der Waals surface area contributed by atoms with Crippen LogP contribution in [0.3, 0.4) is 0 Å². The van der Waals surface area contributed by atoms with Gasteiger partial charge in [-0.05, 0) is 12.2 Å². The average molecular weight is 206 g/mol. The Morgan fingerprint density at radius 2 is 2.33 bits per heavy atom. The summed E-state index contributed by atoms with van der Waals surface area (Å²) in [5.74, 6) is 0. The third-order valence-electron chi connectivity index (χ3n) is 1.81. The number of allylic oxidation sites excluding steroid dienone is 2. The highest BCUT2D eigenvalue weighted by Gasteiger charge is 2.43. The van der Waals surface area contributed by atoms with E-state index in [0.29, 0.717) is 5.03 Å². The molecule has 0 radical (unpaired) electrons. The van der Waals surface area contributed by atoms with Gasteiger partial charge in [-0.25, -0.2) is 0 Å². The standard InChI is InChI=1S/C7H9ClN3.ClH/c1-7(11-10)3-2-5(8)4-6(7)9;/h2-4,6H,9H2,1H3;1H/q+1;/p-1. The SMILES string of the molecule is CC1([N+]#N)C=CC(Cl)=CC1N.[Cl-]. The molecular formula is C7H9Cl2N3. The summed E-state index contributed by atoms with van der Waals surface area (Å²) in [5.41, 5.74) is 4.92. The van der Waals surface area contributed by atoms with Gasteiger partial charge in [0.1, 0.15) is 11.0 Å². The number of rotatable bonds is 0. The molecule has 0 spiro atoms. The molecule has 12 heavy (non-hydrogen) atoms. The summed E-state index contributed by atoms with van der Waals surface area (Å²) in [4.78, 5) is 3.18. The van der Waals surface area contributed by atoms with Gasteiger partial charge in [0.25, 0.3) is 0 Å². The smallest absolute Gasteiger partial charge is 0.356 e. The molecule has 2 atom stereocenters. The van der Waals surface area contributed by atoms with Crippen molar-refractivity contribution in [1.29, 1.82) is 5.39 Å². The molecule has 0 fully saturated rings. The zero-order chi connectivity index (χ0) is 8.48. The first-order valence-electron chi connectivity index (χ1n) is 3.27. The molecule has 1 rings (SSSR count).